The lowest BCUT2D eigenvalue weighted by atomic mass is 9.83. The highest BCUT2D eigenvalue weighted by molar-refractivity contribution is 6.99. The third-order valence-electron chi connectivity index (χ3n) is 6.51. The second-order valence-corrected chi connectivity index (χ2v) is 9.86. The van der Waals surface area contributed by atoms with Crippen molar-refractivity contribution in [3.63, 3.8) is 0 Å². The van der Waals surface area contributed by atoms with Crippen molar-refractivity contribution >= 4 is 46.7 Å². The van der Waals surface area contributed by atoms with E-state index in [2.05, 4.69) is 14.1 Å². The van der Waals surface area contributed by atoms with E-state index < -0.39 is 12.1 Å². The SMILES string of the molecule is NC(C(=O)N1CCCC1C(=O)NCc1cc(Cl)ccc1-c1nsnc1Cl)C1CCCCC1. The Hall–Kier alpha value is -1.74. The molecule has 2 fully saturated rings. The Balaban J connectivity index is 1.43. The van der Waals surface area contributed by atoms with Gasteiger partial charge in [-0.15, -0.1) is 0 Å². The maximum Gasteiger partial charge on any atom is 0.243 e. The summed E-state index contributed by atoms with van der Waals surface area (Å²) in [6, 6.07) is 4.33. The number of carbonyl (C=O) groups is 2. The molecule has 0 bridgehead atoms. The van der Waals surface area contributed by atoms with Crippen molar-refractivity contribution in [3.05, 3.63) is 33.9 Å². The molecule has 2 aromatic rings. The first-order valence-corrected chi connectivity index (χ1v) is 12.5. The molecule has 1 aliphatic carbocycles. The number of aromatic nitrogens is 2. The van der Waals surface area contributed by atoms with Gasteiger partial charge in [0.1, 0.15) is 11.7 Å². The van der Waals surface area contributed by atoms with E-state index in [9.17, 15) is 9.59 Å². The Labute approximate surface area is 202 Å². The predicted molar refractivity (Wildman–Crippen MR) is 126 cm³/mol. The number of nitrogens with one attached hydrogen (secondary N) is 1. The third-order valence-corrected chi connectivity index (χ3v) is 7.63. The van der Waals surface area contributed by atoms with Gasteiger partial charge >= 0.3 is 0 Å². The lowest BCUT2D eigenvalue weighted by Crippen LogP contribution is -2.53. The average molecular weight is 496 g/mol. The topological polar surface area (TPSA) is 101 Å². The minimum atomic E-state index is -0.525. The fourth-order valence-electron chi connectivity index (χ4n) is 4.77. The van der Waals surface area contributed by atoms with Gasteiger partial charge in [-0.3, -0.25) is 9.59 Å². The average Bonchev–Trinajstić information content (AvgIpc) is 3.46. The molecule has 7 nitrogen and oxygen atoms in total. The molecule has 172 valence electrons. The molecule has 2 aliphatic rings. The summed E-state index contributed by atoms with van der Waals surface area (Å²) < 4.78 is 8.27. The van der Waals surface area contributed by atoms with Gasteiger partial charge in [-0.05, 0) is 49.3 Å². The molecule has 1 saturated carbocycles. The number of carbonyl (C=O) groups excluding carboxylic acids is 2. The van der Waals surface area contributed by atoms with Crippen molar-refractivity contribution in [2.75, 3.05) is 6.54 Å². The van der Waals surface area contributed by atoms with Gasteiger partial charge in [0, 0.05) is 23.7 Å². The quantitative estimate of drug-likeness (QED) is 0.629. The van der Waals surface area contributed by atoms with E-state index >= 15 is 0 Å². The molecule has 2 atom stereocenters. The summed E-state index contributed by atoms with van der Waals surface area (Å²) in [5, 5.41) is 3.84. The summed E-state index contributed by atoms with van der Waals surface area (Å²) in [6.07, 6.45) is 6.86. The Morgan fingerprint density at radius 3 is 2.66 bits per heavy atom. The van der Waals surface area contributed by atoms with Crippen LogP contribution in [0, 0.1) is 5.92 Å². The van der Waals surface area contributed by atoms with Crippen LogP contribution in [0.25, 0.3) is 11.3 Å². The van der Waals surface area contributed by atoms with Crippen LogP contribution in [0.4, 0.5) is 0 Å². The first-order chi connectivity index (χ1) is 15.5. The van der Waals surface area contributed by atoms with Gasteiger partial charge in [-0.25, -0.2) is 0 Å². The highest BCUT2D eigenvalue weighted by Crippen LogP contribution is 2.31. The highest BCUT2D eigenvalue weighted by atomic mass is 35.5. The van der Waals surface area contributed by atoms with Gasteiger partial charge in [0.25, 0.3) is 0 Å². The van der Waals surface area contributed by atoms with Gasteiger partial charge in [0.2, 0.25) is 11.8 Å². The van der Waals surface area contributed by atoms with Gasteiger partial charge in [-0.2, -0.15) is 8.75 Å². The Morgan fingerprint density at radius 1 is 1.16 bits per heavy atom. The smallest absolute Gasteiger partial charge is 0.243 e. The molecule has 32 heavy (non-hydrogen) atoms. The maximum absolute atomic E-state index is 13.1. The van der Waals surface area contributed by atoms with E-state index in [4.69, 9.17) is 28.9 Å². The van der Waals surface area contributed by atoms with E-state index in [0.29, 0.717) is 28.8 Å². The van der Waals surface area contributed by atoms with Crippen molar-refractivity contribution in [2.45, 2.75) is 63.6 Å². The second-order valence-electron chi connectivity index (χ2n) is 8.54. The largest absolute Gasteiger partial charge is 0.350 e. The molecule has 2 amide bonds. The summed E-state index contributed by atoms with van der Waals surface area (Å²) in [4.78, 5) is 27.8. The molecule has 4 rings (SSSR count). The van der Waals surface area contributed by atoms with Crippen LogP contribution in [0.15, 0.2) is 18.2 Å². The predicted octanol–water partition coefficient (Wildman–Crippen LogP) is 4.03. The standard InChI is InChI=1S/C22H27Cl2N5O2S/c23-15-8-9-16(19-20(24)28-32-27-19)14(11-15)12-26-21(30)17-7-4-10-29(17)22(31)18(25)13-5-2-1-3-6-13/h8-9,11,13,17-18H,1-7,10,12,25H2,(H,26,30). The molecule has 1 aliphatic heterocycles. The zero-order valence-corrected chi connectivity index (χ0v) is 20.1. The maximum atomic E-state index is 13.1. The Bertz CT molecular complexity index is 979. The van der Waals surface area contributed by atoms with E-state index in [1.54, 1.807) is 17.0 Å². The Kier molecular flexibility index (Phi) is 7.66. The molecule has 10 heteroatoms. The fraction of sp³-hybridized carbons (Fsp3) is 0.545. The van der Waals surface area contributed by atoms with E-state index in [1.807, 2.05) is 6.07 Å². The number of nitrogens with zero attached hydrogens (tertiary/aromatic N) is 3. The fourth-order valence-corrected chi connectivity index (χ4v) is 5.71. The molecule has 1 aromatic heterocycles. The van der Waals surface area contributed by atoms with Crippen LogP contribution < -0.4 is 11.1 Å². The van der Waals surface area contributed by atoms with E-state index in [1.165, 1.54) is 6.42 Å². The molecular weight excluding hydrogens is 469 g/mol. The van der Waals surface area contributed by atoms with Crippen LogP contribution in [-0.4, -0.2) is 44.1 Å². The minimum absolute atomic E-state index is 0.0988. The Morgan fingerprint density at radius 2 is 1.94 bits per heavy atom. The van der Waals surface area contributed by atoms with Crippen molar-refractivity contribution < 1.29 is 9.59 Å². The number of hydrogen-bond donors (Lipinski definition) is 2. The summed E-state index contributed by atoms with van der Waals surface area (Å²) in [7, 11) is 0. The number of benzene rings is 1. The lowest BCUT2D eigenvalue weighted by Gasteiger charge is -2.32. The minimum Gasteiger partial charge on any atom is -0.350 e. The number of rotatable bonds is 6. The zero-order chi connectivity index (χ0) is 22.7. The van der Waals surface area contributed by atoms with Crippen LogP contribution in [-0.2, 0) is 16.1 Å². The number of likely N-dealkylation sites (tertiary alicyclic amines) is 1. The summed E-state index contributed by atoms with van der Waals surface area (Å²) in [5.41, 5.74) is 8.46. The van der Waals surface area contributed by atoms with Gasteiger partial charge in [0.05, 0.1) is 17.8 Å². The zero-order valence-electron chi connectivity index (χ0n) is 17.7. The summed E-state index contributed by atoms with van der Waals surface area (Å²) in [6.45, 7) is 0.815. The van der Waals surface area contributed by atoms with E-state index in [-0.39, 0.29) is 24.3 Å². The number of amides is 2. The van der Waals surface area contributed by atoms with E-state index in [0.717, 1.165) is 55.0 Å². The number of halogens is 2. The first-order valence-electron chi connectivity index (χ1n) is 11.1. The van der Waals surface area contributed by atoms with Gasteiger partial charge < -0.3 is 16.0 Å². The van der Waals surface area contributed by atoms with Crippen LogP contribution in [0.5, 0.6) is 0 Å². The monoisotopic (exact) mass is 495 g/mol. The van der Waals surface area contributed by atoms with Crippen LogP contribution in [0.1, 0.15) is 50.5 Å². The molecule has 0 radical (unpaired) electrons. The lowest BCUT2D eigenvalue weighted by molar-refractivity contribution is -0.140. The van der Waals surface area contributed by atoms with Crippen molar-refractivity contribution in [3.8, 4) is 11.3 Å². The summed E-state index contributed by atoms with van der Waals surface area (Å²) in [5.74, 6) is -0.0653. The van der Waals surface area contributed by atoms with Crippen molar-refractivity contribution in [1.29, 1.82) is 0 Å². The molecule has 3 N–H and O–H groups in total. The van der Waals surface area contributed by atoms with Gasteiger partial charge in [0.15, 0.2) is 5.15 Å². The molecule has 0 spiro atoms. The molecule has 2 heterocycles. The van der Waals surface area contributed by atoms with Crippen LogP contribution in [0.2, 0.25) is 10.2 Å². The third kappa shape index (κ3) is 5.09. The molecule has 2 unspecified atom stereocenters. The highest BCUT2D eigenvalue weighted by Gasteiger charge is 2.38. The van der Waals surface area contributed by atoms with Crippen molar-refractivity contribution in [2.24, 2.45) is 11.7 Å². The number of nitrogens with two attached hydrogens (primary N) is 1. The molecule has 1 saturated heterocycles. The molecular formula is C22H27Cl2N5O2S. The normalized spacial score (nSPS) is 20.3. The van der Waals surface area contributed by atoms with Crippen LogP contribution >= 0.6 is 34.9 Å². The first kappa shape index (κ1) is 23.4. The molecule has 1 aromatic carbocycles. The number of hydrogen-bond acceptors (Lipinski definition) is 6. The van der Waals surface area contributed by atoms with Crippen LogP contribution in [0.3, 0.4) is 0 Å². The van der Waals surface area contributed by atoms with Crippen molar-refractivity contribution in [1.82, 2.24) is 19.0 Å². The summed E-state index contributed by atoms with van der Waals surface area (Å²) >= 11 is 13.4. The second kappa shape index (κ2) is 10.5. The van der Waals surface area contributed by atoms with Gasteiger partial charge in [-0.1, -0.05) is 48.5 Å².